The molecule has 0 unspecified atom stereocenters. The maximum atomic E-state index is 10.3. The van der Waals surface area contributed by atoms with E-state index in [1.807, 2.05) is 0 Å². The first-order valence-corrected chi connectivity index (χ1v) is 8.29. The van der Waals surface area contributed by atoms with Gasteiger partial charge in [0.05, 0.1) is 0 Å². The van der Waals surface area contributed by atoms with Crippen LogP contribution in [0.4, 0.5) is 0 Å². The average molecular weight is 280 g/mol. The predicted octanol–water partition coefficient (Wildman–Crippen LogP) is 5.88. The number of aliphatic carboxylic acids is 1. The van der Waals surface area contributed by atoms with Gasteiger partial charge >= 0.3 is 5.97 Å². The number of hydrogen-bond donors (Lipinski definition) is 1. The van der Waals surface area contributed by atoms with Gasteiger partial charge in [-0.2, -0.15) is 0 Å². The van der Waals surface area contributed by atoms with E-state index in [-0.39, 0.29) is 6.42 Å². The lowest BCUT2D eigenvalue weighted by Crippen LogP contribution is -1.92. The third-order valence-electron chi connectivity index (χ3n) is 3.31. The highest BCUT2D eigenvalue weighted by Crippen LogP contribution is 2.06. The summed E-state index contributed by atoms with van der Waals surface area (Å²) < 4.78 is 0. The van der Waals surface area contributed by atoms with Crippen molar-refractivity contribution in [2.45, 2.75) is 84.0 Å². The Labute approximate surface area is 125 Å². The van der Waals surface area contributed by atoms with Gasteiger partial charge in [-0.15, -0.1) is 0 Å². The number of unbranched alkanes of at least 4 members (excludes halogenated alkanes) is 8. The highest BCUT2D eigenvalue weighted by Gasteiger charge is 1.93. The Hall–Kier alpha value is -1.05. The Kier molecular flexibility index (Phi) is 15.2. The molecule has 0 saturated heterocycles. The lowest BCUT2D eigenvalue weighted by atomic mass is 10.1. The molecule has 0 amide bonds. The standard InChI is InChI=1S/C18H32O2/c1-2-3-4-5-6-7-8-9-10-11-12-13-14-15-16-17-18(19)20/h8-9,13-14H,2-7,10-12,15-17H2,1H3,(H,19,20)/b9-8+,14-13+. The van der Waals surface area contributed by atoms with Crippen molar-refractivity contribution in [3.63, 3.8) is 0 Å². The number of carboxylic acid groups (broad SMARTS) is 1. The molecule has 0 bridgehead atoms. The SMILES string of the molecule is CCCCCCC/C=C/CCC/C=C/CCCC(=O)O. The van der Waals surface area contributed by atoms with E-state index in [1.54, 1.807) is 0 Å². The number of carbonyl (C=O) groups is 1. The summed E-state index contributed by atoms with van der Waals surface area (Å²) in [6, 6.07) is 0. The maximum absolute atomic E-state index is 10.3. The van der Waals surface area contributed by atoms with Crippen molar-refractivity contribution in [3.05, 3.63) is 24.3 Å². The van der Waals surface area contributed by atoms with Gasteiger partial charge in [0, 0.05) is 6.42 Å². The maximum Gasteiger partial charge on any atom is 0.303 e. The summed E-state index contributed by atoms with van der Waals surface area (Å²) in [7, 11) is 0. The molecule has 0 saturated carbocycles. The van der Waals surface area contributed by atoms with Crippen LogP contribution in [0.2, 0.25) is 0 Å². The van der Waals surface area contributed by atoms with Crippen LogP contribution in [-0.4, -0.2) is 11.1 Å². The highest BCUT2D eigenvalue weighted by atomic mass is 16.4. The minimum atomic E-state index is -0.696. The number of rotatable bonds is 14. The summed E-state index contributed by atoms with van der Waals surface area (Å²) in [6.45, 7) is 2.25. The van der Waals surface area contributed by atoms with Crippen LogP contribution in [0.1, 0.15) is 84.0 Å². The molecule has 0 aliphatic heterocycles. The largest absolute Gasteiger partial charge is 0.481 e. The van der Waals surface area contributed by atoms with E-state index in [1.165, 1.54) is 44.9 Å². The quantitative estimate of drug-likeness (QED) is 0.318. The third kappa shape index (κ3) is 16.9. The molecule has 0 aliphatic carbocycles. The van der Waals surface area contributed by atoms with Gasteiger partial charge in [-0.1, -0.05) is 56.9 Å². The molecule has 0 aromatic heterocycles. The van der Waals surface area contributed by atoms with E-state index >= 15 is 0 Å². The molecular weight excluding hydrogens is 248 g/mol. The van der Waals surface area contributed by atoms with E-state index in [9.17, 15) is 4.79 Å². The molecule has 116 valence electrons. The number of carboxylic acids is 1. The van der Waals surface area contributed by atoms with E-state index in [4.69, 9.17) is 5.11 Å². The second kappa shape index (κ2) is 16.0. The number of allylic oxidation sites excluding steroid dienone is 4. The first kappa shape index (κ1) is 18.9. The van der Waals surface area contributed by atoms with Crippen LogP contribution >= 0.6 is 0 Å². The molecule has 20 heavy (non-hydrogen) atoms. The zero-order chi connectivity index (χ0) is 14.9. The van der Waals surface area contributed by atoms with Crippen molar-refractivity contribution < 1.29 is 9.90 Å². The van der Waals surface area contributed by atoms with Crippen LogP contribution in [0.25, 0.3) is 0 Å². The van der Waals surface area contributed by atoms with E-state index in [0.717, 1.165) is 25.7 Å². The van der Waals surface area contributed by atoms with Gasteiger partial charge in [-0.05, 0) is 44.9 Å². The van der Waals surface area contributed by atoms with Gasteiger partial charge in [-0.25, -0.2) is 0 Å². The van der Waals surface area contributed by atoms with Gasteiger partial charge in [0.2, 0.25) is 0 Å². The minimum absolute atomic E-state index is 0.283. The molecule has 0 spiro atoms. The van der Waals surface area contributed by atoms with E-state index < -0.39 is 5.97 Å². The topological polar surface area (TPSA) is 37.3 Å². The monoisotopic (exact) mass is 280 g/mol. The first-order valence-electron chi connectivity index (χ1n) is 8.29. The van der Waals surface area contributed by atoms with E-state index in [2.05, 4.69) is 31.2 Å². The Morgan fingerprint density at radius 3 is 1.80 bits per heavy atom. The second-order valence-corrected chi connectivity index (χ2v) is 5.36. The van der Waals surface area contributed by atoms with Crippen LogP contribution < -0.4 is 0 Å². The molecule has 0 rings (SSSR count). The lowest BCUT2D eigenvalue weighted by molar-refractivity contribution is -0.137. The molecular formula is C18H32O2. The van der Waals surface area contributed by atoms with Gasteiger partial charge in [0.1, 0.15) is 0 Å². The Morgan fingerprint density at radius 1 is 0.750 bits per heavy atom. The van der Waals surface area contributed by atoms with Crippen molar-refractivity contribution in [2.75, 3.05) is 0 Å². The van der Waals surface area contributed by atoms with Crippen LogP contribution in [0, 0.1) is 0 Å². The Balaban J connectivity index is 3.18. The smallest absolute Gasteiger partial charge is 0.303 e. The molecule has 2 heteroatoms. The fraction of sp³-hybridized carbons (Fsp3) is 0.722. The van der Waals surface area contributed by atoms with Crippen molar-refractivity contribution in [3.8, 4) is 0 Å². The van der Waals surface area contributed by atoms with Crippen LogP contribution in [0.5, 0.6) is 0 Å². The highest BCUT2D eigenvalue weighted by molar-refractivity contribution is 5.66. The Bertz CT molecular complexity index is 267. The molecule has 0 aromatic rings. The fourth-order valence-electron chi connectivity index (χ4n) is 2.06. The average Bonchev–Trinajstić information content (AvgIpc) is 2.43. The molecule has 1 N–H and O–H groups in total. The molecule has 0 heterocycles. The summed E-state index contributed by atoms with van der Waals surface area (Å²) in [4.78, 5) is 10.3. The van der Waals surface area contributed by atoms with Crippen LogP contribution in [0.3, 0.4) is 0 Å². The molecule has 0 atom stereocenters. The molecule has 2 nitrogen and oxygen atoms in total. The normalized spacial score (nSPS) is 11.7. The van der Waals surface area contributed by atoms with Gasteiger partial charge in [0.25, 0.3) is 0 Å². The zero-order valence-electron chi connectivity index (χ0n) is 13.2. The van der Waals surface area contributed by atoms with Crippen LogP contribution in [-0.2, 0) is 4.79 Å². The van der Waals surface area contributed by atoms with E-state index in [0.29, 0.717) is 0 Å². The van der Waals surface area contributed by atoms with Gasteiger partial charge < -0.3 is 5.11 Å². The summed E-state index contributed by atoms with van der Waals surface area (Å²) in [5, 5.41) is 8.49. The lowest BCUT2D eigenvalue weighted by Gasteiger charge is -1.96. The minimum Gasteiger partial charge on any atom is -0.481 e. The fourth-order valence-corrected chi connectivity index (χ4v) is 2.06. The van der Waals surface area contributed by atoms with Crippen LogP contribution in [0.15, 0.2) is 24.3 Å². The molecule has 0 aromatic carbocycles. The van der Waals surface area contributed by atoms with Gasteiger partial charge in [-0.3, -0.25) is 4.79 Å². The summed E-state index contributed by atoms with van der Waals surface area (Å²) in [6.07, 6.45) is 22.3. The zero-order valence-corrected chi connectivity index (χ0v) is 13.2. The van der Waals surface area contributed by atoms with Crippen molar-refractivity contribution in [1.82, 2.24) is 0 Å². The number of hydrogen-bond acceptors (Lipinski definition) is 1. The summed E-state index contributed by atoms with van der Waals surface area (Å²) >= 11 is 0. The van der Waals surface area contributed by atoms with Crippen molar-refractivity contribution >= 4 is 5.97 Å². The third-order valence-corrected chi connectivity index (χ3v) is 3.31. The second-order valence-electron chi connectivity index (χ2n) is 5.36. The predicted molar refractivity (Wildman–Crippen MR) is 87.0 cm³/mol. The van der Waals surface area contributed by atoms with Gasteiger partial charge in [0.15, 0.2) is 0 Å². The van der Waals surface area contributed by atoms with Crippen molar-refractivity contribution in [2.24, 2.45) is 0 Å². The Morgan fingerprint density at radius 2 is 1.25 bits per heavy atom. The first-order chi connectivity index (χ1) is 9.77. The summed E-state index contributed by atoms with van der Waals surface area (Å²) in [5.41, 5.74) is 0. The molecule has 0 radical (unpaired) electrons. The van der Waals surface area contributed by atoms with Crippen molar-refractivity contribution in [1.29, 1.82) is 0 Å². The molecule has 0 aliphatic rings. The summed E-state index contributed by atoms with van der Waals surface area (Å²) in [5.74, 6) is -0.696. The molecule has 0 fully saturated rings.